The van der Waals surface area contributed by atoms with Crippen LogP contribution in [0.15, 0.2) is 98.4 Å². The van der Waals surface area contributed by atoms with Gasteiger partial charge >= 0.3 is 5.76 Å². The first kappa shape index (κ1) is 25.3. The average molecular weight is 509 g/mol. The van der Waals surface area contributed by atoms with E-state index in [0.717, 1.165) is 66.2 Å². The van der Waals surface area contributed by atoms with E-state index in [9.17, 15) is 4.79 Å². The molecule has 0 atom stereocenters. The highest BCUT2D eigenvalue weighted by Crippen LogP contribution is 2.32. The number of H-pyrrole nitrogens is 1. The number of nitrogens with zero attached hydrogens (tertiary/aromatic N) is 3. The van der Waals surface area contributed by atoms with Crippen LogP contribution in [0.2, 0.25) is 0 Å². The summed E-state index contributed by atoms with van der Waals surface area (Å²) in [5, 5.41) is 3.87. The smallest absolute Gasteiger partial charge is 0.439 e. The van der Waals surface area contributed by atoms with Crippen LogP contribution in [0.3, 0.4) is 0 Å². The van der Waals surface area contributed by atoms with E-state index < -0.39 is 5.76 Å². The first-order valence-electron chi connectivity index (χ1n) is 13.0. The Balaban J connectivity index is 1.41. The lowest BCUT2D eigenvalue weighted by atomic mass is 9.95. The molecule has 4 aromatic rings. The zero-order valence-electron chi connectivity index (χ0n) is 22.0. The van der Waals surface area contributed by atoms with Gasteiger partial charge in [0, 0.05) is 23.5 Å². The predicted octanol–water partition coefficient (Wildman–Crippen LogP) is 6.63. The Morgan fingerprint density at radius 2 is 1.74 bits per heavy atom. The maximum absolute atomic E-state index is 11.5. The zero-order valence-corrected chi connectivity index (χ0v) is 22.0. The van der Waals surface area contributed by atoms with Gasteiger partial charge in [0.05, 0.1) is 7.11 Å². The second-order valence-corrected chi connectivity index (χ2v) is 9.46. The van der Waals surface area contributed by atoms with Crippen LogP contribution in [0.4, 0.5) is 5.69 Å². The Hall–Kier alpha value is -4.39. The maximum atomic E-state index is 11.5. The normalized spacial score (nSPS) is 13.6. The fraction of sp³-hybridized carbons (Fsp3) is 0.258. The van der Waals surface area contributed by atoms with Gasteiger partial charge in [-0.05, 0) is 72.7 Å². The molecule has 3 aromatic carbocycles. The van der Waals surface area contributed by atoms with Crippen molar-refractivity contribution in [1.29, 1.82) is 0 Å². The lowest BCUT2D eigenvalue weighted by molar-refractivity contribution is 0.388. The second-order valence-electron chi connectivity index (χ2n) is 9.46. The molecule has 0 amide bonds. The summed E-state index contributed by atoms with van der Waals surface area (Å²) in [5.74, 6) is 1.72. The highest BCUT2D eigenvalue weighted by Gasteiger charge is 2.21. The summed E-state index contributed by atoms with van der Waals surface area (Å²) < 4.78 is 10.1. The average Bonchev–Trinajstić information content (AvgIpc) is 3.39. The number of hydrogen-bond acceptors (Lipinski definition) is 6. The van der Waals surface area contributed by atoms with Crippen LogP contribution in [0.25, 0.3) is 22.5 Å². The molecular weight excluding hydrogens is 476 g/mol. The van der Waals surface area contributed by atoms with Crippen molar-refractivity contribution in [2.45, 2.75) is 39.5 Å². The van der Waals surface area contributed by atoms with Gasteiger partial charge < -0.3 is 9.64 Å². The van der Waals surface area contributed by atoms with Gasteiger partial charge in [0.15, 0.2) is 5.82 Å². The molecule has 38 heavy (non-hydrogen) atoms. The van der Waals surface area contributed by atoms with E-state index in [0.29, 0.717) is 5.82 Å². The van der Waals surface area contributed by atoms with Crippen molar-refractivity contribution in [2.75, 3.05) is 18.6 Å². The minimum Gasteiger partial charge on any atom is -0.497 e. The highest BCUT2D eigenvalue weighted by molar-refractivity contribution is 5.98. The number of allylic oxidation sites excluding steroid dienone is 1. The molecule has 1 aromatic heterocycles. The molecule has 0 saturated carbocycles. The summed E-state index contributed by atoms with van der Waals surface area (Å²) in [7, 11) is 1.68. The Bertz CT molecular complexity index is 1510. The minimum absolute atomic E-state index is 0.425. The maximum Gasteiger partial charge on any atom is 0.439 e. The van der Waals surface area contributed by atoms with Crippen LogP contribution in [-0.4, -0.2) is 29.6 Å². The summed E-state index contributed by atoms with van der Waals surface area (Å²) in [5.41, 5.74) is 7.74. The van der Waals surface area contributed by atoms with E-state index in [1.54, 1.807) is 7.11 Å². The third-order valence-corrected chi connectivity index (χ3v) is 6.90. The summed E-state index contributed by atoms with van der Waals surface area (Å²) >= 11 is 0. The molecule has 0 aliphatic carbocycles. The molecule has 7 nitrogen and oxygen atoms in total. The number of aromatic amines is 1. The summed E-state index contributed by atoms with van der Waals surface area (Å²) in [6.45, 7) is 5.11. The van der Waals surface area contributed by atoms with Gasteiger partial charge in [-0.3, -0.25) is 9.51 Å². The first-order chi connectivity index (χ1) is 18.6. The molecule has 0 bridgehead atoms. The third kappa shape index (κ3) is 5.47. The highest BCUT2D eigenvalue weighted by atomic mass is 16.5. The van der Waals surface area contributed by atoms with Crippen LogP contribution in [0, 0.1) is 0 Å². The van der Waals surface area contributed by atoms with Gasteiger partial charge in [-0.25, -0.2) is 9.79 Å². The van der Waals surface area contributed by atoms with Gasteiger partial charge in [-0.15, -0.1) is 0 Å². The van der Waals surface area contributed by atoms with E-state index in [-0.39, 0.29) is 0 Å². The van der Waals surface area contributed by atoms with E-state index in [1.165, 1.54) is 16.8 Å². The molecule has 0 saturated heterocycles. The number of benzene rings is 3. The molecule has 5 rings (SSSR count). The monoisotopic (exact) mass is 508 g/mol. The molecule has 0 unspecified atom stereocenters. The number of methoxy groups -OCH3 is 1. The first-order valence-corrected chi connectivity index (χ1v) is 13.0. The fourth-order valence-electron chi connectivity index (χ4n) is 4.84. The molecule has 194 valence electrons. The van der Waals surface area contributed by atoms with Crippen molar-refractivity contribution in [2.24, 2.45) is 4.99 Å². The summed E-state index contributed by atoms with van der Waals surface area (Å²) in [6.07, 6.45) is 4.08. The lowest BCUT2D eigenvalue weighted by Crippen LogP contribution is -2.34. The lowest BCUT2D eigenvalue weighted by Gasteiger charge is -2.31. The molecule has 0 fully saturated rings. The largest absolute Gasteiger partial charge is 0.497 e. The topological polar surface area (TPSA) is 83.7 Å². The minimum atomic E-state index is -0.564. The van der Waals surface area contributed by atoms with Crippen LogP contribution >= 0.6 is 0 Å². The Kier molecular flexibility index (Phi) is 7.54. The molecule has 1 aliphatic heterocycles. The number of ether oxygens (including phenoxy) is 1. The zero-order chi connectivity index (χ0) is 26.5. The molecule has 7 heteroatoms. The third-order valence-electron chi connectivity index (χ3n) is 6.90. The SMILES string of the molecule is CCCCC1=C(Cc2ccc(-c3ccccc3-c3noc(=O)[nH]3)cc2)CN(c2ccc(OC)cc2)C(C)=N1. The van der Waals surface area contributed by atoms with Gasteiger partial charge in [0.1, 0.15) is 11.6 Å². The van der Waals surface area contributed by atoms with Crippen molar-refractivity contribution in [3.8, 4) is 28.3 Å². The Morgan fingerprint density at radius 1 is 1.00 bits per heavy atom. The number of rotatable bonds is 9. The molecule has 1 aliphatic rings. The van der Waals surface area contributed by atoms with Crippen LogP contribution in [-0.2, 0) is 6.42 Å². The molecule has 2 heterocycles. The van der Waals surface area contributed by atoms with E-state index >= 15 is 0 Å². The number of aromatic nitrogens is 2. The van der Waals surface area contributed by atoms with E-state index in [2.05, 4.69) is 65.3 Å². The van der Waals surface area contributed by atoms with Crippen molar-refractivity contribution in [1.82, 2.24) is 10.1 Å². The molecule has 0 radical (unpaired) electrons. The second kappa shape index (κ2) is 11.3. The number of hydrogen-bond donors (Lipinski definition) is 1. The van der Waals surface area contributed by atoms with Gasteiger partial charge in [-0.1, -0.05) is 67.0 Å². The molecular formula is C31H32N4O3. The van der Waals surface area contributed by atoms with E-state index in [4.69, 9.17) is 14.3 Å². The molecule has 0 spiro atoms. The number of nitrogens with one attached hydrogen (secondary N) is 1. The van der Waals surface area contributed by atoms with Gasteiger partial charge in [0.25, 0.3) is 0 Å². The van der Waals surface area contributed by atoms with Crippen LogP contribution in [0.1, 0.15) is 38.7 Å². The Labute approximate surface area is 222 Å². The van der Waals surface area contributed by atoms with Crippen LogP contribution < -0.4 is 15.4 Å². The van der Waals surface area contributed by atoms with Gasteiger partial charge in [-0.2, -0.15) is 0 Å². The summed E-state index contributed by atoms with van der Waals surface area (Å²) in [4.78, 5) is 21.5. The quantitative estimate of drug-likeness (QED) is 0.274. The number of aliphatic imine (C=N–C) groups is 1. The molecule has 1 N–H and O–H groups in total. The Morgan fingerprint density at radius 3 is 2.39 bits per heavy atom. The standard InChI is InChI=1S/C31H32N4O3/c1-4-5-10-29-24(20-35(21(2)32-29)25-15-17-26(37-3)18-16-25)19-22-11-13-23(14-12-22)27-8-6-7-9-28(27)30-33-31(36)38-34-30/h6-9,11-18H,4-5,10,19-20H2,1-3H3,(H,33,34,36). The van der Waals surface area contributed by atoms with Crippen molar-refractivity contribution >= 4 is 11.5 Å². The summed E-state index contributed by atoms with van der Waals surface area (Å²) in [6, 6.07) is 24.6. The van der Waals surface area contributed by atoms with Crippen molar-refractivity contribution in [3.63, 3.8) is 0 Å². The van der Waals surface area contributed by atoms with Crippen LogP contribution in [0.5, 0.6) is 5.75 Å². The number of unbranched alkanes of at least 4 members (excludes halogenated alkanes) is 1. The number of amidine groups is 1. The number of anilines is 1. The predicted molar refractivity (Wildman–Crippen MR) is 152 cm³/mol. The van der Waals surface area contributed by atoms with Gasteiger partial charge in [0.2, 0.25) is 0 Å². The van der Waals surface area contributed by atoms with Crippen molar-refractivity contribution in [3.05, 3.63) is 100 Å². The fourth-order valence-corrected chi connectivity index (χ4v) is 4.84. The van der Waals surface area contributed by atoms with Crippen molar-refractivity contribution < 1.29 is 9.26 Å². The van der Waals surface area contributed by atoms with E-state index in [1.807, 2.05) is 36.4 Å².